The van der Waals surface area contributed by atoms with E-state index >= 15 is 0 Å². The lowest BCUT2D eigenvalue weighted by molar-refractivity contribution is -0.130. The lowest BCUT2D eigenvalue weighted by atomic mass is 10.4. The van der Waals surface area contributed by atoms with E-state index in [0.717, 1.165) is 4.57 Å². The fourth-order valence-corrected chi connectivity index (χ4v) is 1.58. The van der Waals surface area contributed by atoms with Gasteiger partial charge in [-0.15, -0.1) is 0 Å². The van der Waals surface area contributed by atoms with E-state index < -0.39 is 5.69 Å². The van der Waals surface area contributed by atoms with E-state index in [-0.39, 0.29) is 24.6 Å². The summed E-state index contributed by atoms with van der Waals surface area (Å²) >= 11 is 0. The van der Waals surface area contributed by atoms with E-state index in [9.17, 15) is 14.4 Å². The highest BCUT2D eigenvalue weighted by molar-refractivity contribution is 5.75. The minimum atomic E-state index is -0.473. The minimum absolute atomic E-state index is 0.0634. The molecule has 1 rings (SSSR count). The maximum absolute atomic E-state index is 12.1. The molecule has 0 aliphatic carbocycles. The van der Waals surface area contributed by atoms with Crippen LogP contribution in [0.2, 0.25) is 0 Å². The molecule has 7 nitrogen and oxygen atoms in total. The Morgan fingerprint density at radius 2 is 2.11 bits per heavy atom. The highest BCUT2D eigenvalue weighted by Crippen LogP contribution is 1.88. The van der Waals surface area contributed by atoms with Crippen LogP contribution in [0, 0.1) is 0 Å². The monoisotopic (exact) mass is 268 g/mol. The molecule has 1 heterocycles. The summed E-state index contributed by atoms with van der Waals surface area (Å²) in [6, 6.07) is 1.29. The molecule has 1 aromatic heterocycles. The van der Waals surface area contributed by atoms with Crippen molar-refractivity contribution in [2.75, 3.05) is 20.1 Å². The summed E-state index contributed by atoms with van der Waals surface area (Å²) in [4.78, 5) is 36.9. The molecule has 0 fully saturated rings. The van der Waals surface area contributed by atoms with E-state index in [4.69, 9.17) is 5.73 Å². The fraction of sp³-hybridized carbons (Fsp3) is 0.583. The van der Waals surface area contributed by atoms with Crippen molar-refractivity contribution in [1.82, 2.24) is 14.0 Å². The molecule has 2 N–H and O–H groups in total. The van der Waals surface area contributed by atoms with Crippen molar-refractivity contribution in [2.24, 2.45) is 5.73 Å². The topological polar surface area (TPSA) is 90.3 Å². The Labute approximate surface area is 111 Å². The number of amides is 1. The first-order chi connectivity index (χ1) is 9.01. The summed E-state index contributed by atoms with van der Waals surface area (Å²) in [5.41, 5.74) is 4.53. The van der Waals surface area contributed by atoms with E-state index in [2.05, 4.69) is 0 Å². The number of likely N-dealkylation sites (N-methyl/N-ethyl adjacent to an activating group) is 1. The molecule has 0 saturated carbocycles. The quantitative estimate of drug-likeness (QED) is 0.704. The molecular formula is C12H20N4O3. The van der Waals surface area contributed by atoms with Crippen LogP contribution in [0.3, 0.4) is 0 Å². The first-order valence-corrected chi connectivity index (χ1v) is 6.25. The predicted molar refractivity (Wildman–Crippen MR) is 71.9 cm³/mol. The smallest absolute Gasteiger partial charge is 0.331 e. The lowest BCUT2D eigenvalue weighted by Crippen LogP contribution is -2.42. The molecule has 0 aliphatic rings. The molecule has 0 bridgehead atoms. The number of aromatic nitrogens is 2. The van der Waals surface area contributed by atoms with Gasteiger partial charge in [-0.1, -0.05) is 0 Å². The van der Waals surface area contributed by atoms with Gasteiger partial charge in [-0.3, -0.25) is 18.7 Å². The second kappa shape index (κ2) is 6.89. The molecule has 0 spiro atoms. The van der Waals surface area contributed by atoms with Crippen molar-refractivity contribution in [3.05, 3.63) is 33.1 Å². The summed E-state index contributed by atoms with van der Waals surface area (Å²) in [7, 11) is 1.66. The molecule has 0 aromatic carbocycles. The third-order valence-corrected chi connectivity index (χ3v) is 2.93. The van der Waals surface area contributed by atoms with Gasteiger partial charge >= 0.3 is 5.69 Å². The summed E-state index contributed by atoms with van der Waals surface area (Å²) < 4.78 is 2.35. The number of nitrogens with zero attached hydrogens (tertiary/aromatic N) is 3. The Hall–Kier alpha value is -1.89. The molecule has 1 amide bonds. The summed E-state index contributed by atoms with van der Waals surface area (Å²) in [6.45, 7) is 3.03. The molecule has 19 heavy (non-hydrogen) atoms. The third-order valence-electron chi connectivity index (χ3n) is 2.93. The average molecular weight is 268 g/mol. The molecule has 0 radical (unpaired) electrons. The first kappa shape index (κ1) is 15.2. The molecule has 106 valence electrons. The molecule has 0 atom stereocenters. The maximum Gasteiger partial charge on any atom is 0.331 e. The zero-order valence-electron chi connectivity index (χ0n) is 11.3. The fourth-order valence-electron chi connectivity index (χ4n) is 1.58. The maximum atomic E-state index is 12.1. The second-order valence-corrected chi connectivity index (χ2v) is 4.27. The first-order valence-electron chi connectivity index (χ1n) is 6.25. The van der Waals surface area contributed by atoms with E-state index in [1.165, 1.54) is 21.7 Å². The highest BCUT2D eigenvalue weighted by Gasteiger charge is 2.11. The van der Waals surface area contributed by atoms with Gasteiger partial charge in [-0.05, 0) is 19.9 Å². The van der Waals surface area contributed by atoms with Crippen molar-refractivity contribution in [1.29, 1.82) is 0 Å². The molecule has 0 unspecified atom stereocenters. The van der Waals surface area contributed by atoms with Gasteiger partial charge in [-0.2, -0.15) is 0 Å². The summed E-state index contributed by atoms with van der Waals surface area (Å²) in [5, 5.41) is 0. The number of hydrogen-bond donors (Lipinski definition) is 1. The molecule has 0 saturated heterocycles. The van der Waals surface area contributed by atoms with Crippen LogP contribution in [0.25, 0.3) is 0 Å². The Kier molecular flexibility index (Phi) is 5.50. The van der Waals surface area contributed by atoms with Gasteiger partial charge in [0, 0.05) is 32.4 Å². The molecule has 0 aliphatic heterocycles. The lowest BCUT2D eigenvalue weighted by Gasteiger charge is -2.15. The molecule has 7 heteroatoms. The Morgan fingerprint density at radius 3 is 2.68 bits per heavy atom. The normalized spacial score (nSPS) is 10.5. The zero-order chi connectivity index (χ0) is 14.4. The van der Waals surface area contributed by atoms with Crippen molar-refractivity contribution < 1.29 is 4.79 Å². The van der Waals surface area contributed by atoms with E-state index in [1.54, 1.807) is 7.05 Å². The van der Waals surface area contributed by atoms with Gasteiger partial charge in [-0.25, -0.2) is 4.79 Å². The Balaban J connectivity index is 3.01. The molecular weight excluding hydrogens is 248 g/mol. The van der Waals surface area contributed by atoms with Crippen LogP contribution in [0.15, 0.2) is 21.9 Å². The number of nitrogens with two attached hydrogens (primary N) is 1. The van der Waals surface area contributed by atoms with Gasteiger partial charge in [0.1, 0.15) is 6.54 Å². The largest absolute Gasteiger partial charge is 0.344 e. The highest BCUT2D eigenvalue weighted by atomic mass is 16.2. The van der Waals surface area contributed by atoms with Crippen LogP contribution in [0.5, 0.6) is 0 Å². The second-order valence-electron chi connectivity index (χ2n) is 4.27. The Bertz CT molecular complexity index is 547. The predicted octanol–water partition coefficient (Wildman–Crippen LogP) is -1.16. The average Bonchev–Trinajstić information content (AvgIpc) is 2.40. The van der Waals surface area contributed by atoms with E-state index in [0.29, 0.717) is 19.5 Å². The van der Waals surface area contributed by atoms with Gasteiger partial charge in [0.05, 0.1) is 0 Å². The van der Waals surface area contributed by atoms with Crippen LogP contribution in [0.1, 0.15) is 13.3 Å². The van der Waals surface area contributed by atoms with Gasteiger partial charge in [0.25, 0.3) is 5.56 Å². The van der Waals surface area contributed by atoms with E-state index in [1.807, 2.05) is 6.92 Å². The van der Waals surface area contributed by atoms with Crippen LogP contribution in [0.4, 0.5) is 0 Å². The van der Waals surface area contributed by atoms with Crippen LogP contribution < -0.4 is 17.0 Å². The van der Waals surface area contributed by atoms with Gasteiger partial charge in [0.15, 0.2) is 0 Å². The molecule has 1 aromatic rings. The minimum Gasteiger partial charge on any atom is -0.344 e. The summed E-state index contributed by atoms with van der Waals surface area (Å²) in [6.07, 6.45) is 1.90. The van der Waals surface area contributed by atoms with Crippen LogP contribution >= 0.6 is 0 Å². The number of carbonyl (C=O) groups is 1. The van der Waals surface area contributed by atoms with Crippen LogP contribution in [-0.2, 0) is 17.9 Å². The van der Waals surface area contributed by atoms with Crippen molar-refractivity contribution >= 4 is 5.91 Å². The Morgan fingerprint density at radius 1 is 1.42 bits per heavy atom. The van der Waals surface area contributed by atoms with Crippen molar-refractivity contribution in [3.63, 3.8) is 0 Å². The number of hydrogen-bond acceptors (Lipinski definition) is 4. The third kappa shape index (κ3) is 3.78. The van der Waals surface area contributed by atoms with Crippen molar-refractivity contribution in [2.45, 2.75) is 26.4 Å². The zero-order valence-corrected chi connectivity index (χ0v) is 11.3. The SMILES string of the molecule is CCN(C)C(=O)Cn1ccc(=O)n(CCCN)c1=O. The van der Waals surface area contributed by atoms with Crippen LogP contribution in [-0.4, -0.2) is 40.1 Å². The standard InChI is InChI=1S/C12H20N4O3/c1-3-14(2)11(18)9-15-8-5-10(17)16(12(15)19)7-4-6-13/h5,8H,3-4,6-7,9,13H2,1-2H3. The van der Waals surface area contributed by atoms with Crippen molar-refractivity contribution in [3.8, 4) is 0 Å². The number of rotatable bonds is 6. The van der Waals surface area contributed by atoms with Gasteiger partial charge < -0.3 is 10.6 Å². The summed E-state index contributed by atoms with van der Waals surface area (Å²) in [5.74, 6) is -0.173. The number of carbonyl (C=O) groups excluding carboxylic acids is 1. The van der Waals surface area contributed by atoms with Gasteiger partial charge in [0.2, 0.25) is 5.91 Å².